The van der Waals surface area contributed by atoms with Crippen molar-refractivity contribution in [2.75, 3.05) is 18.5 Å². The van der Waals surface area contributed by atoms with Crippen molar-refractivity contribution in [1.29, 1.82) is 0 Å². The van der Waals surface area contributed by atoms with E-state index < -0.39 is 21.1 Å². The van der Waals surface area contributed by atoms with Gasteiger partial charge in [0, 0.05) is 16.8 Å². The highest BCUT2D eigenvalue weighted by atomic mass is 32.2. The van der Waals surface area contributed by atoms with Gasteiger partial charge in [-0.25, -0.2) is 18.0 Å². The topological polar surface area (TPSA) is 112 Å². The number of carbonyl (C=O) groups is 1. The number of anilines is 1. The molecule has 0 spiro atoms. The molecule has 0 aliphatic heterocycles. The number of carbonyl (C=O) groups excluding carboxylic acids is 1. The van der Waals surface area contributed by atoms with Gasteiger partial charge in [0.25, 0.3) is 10.0 Å². The van der Waals surface area contributed by atoms with Crippen molar-refractivity contribution in [3.05, 3.63) is 88.6 Å². The highest BCUT2D eigenvalue weighted by Gasteiger charge is 2.37. The number of methoxy groups -OCH3 is 2. The van der Waals surface area contributed by atoms with Crippen LogP contribution in [0.5, 0.6) is 17.2 Å². The maximum Gasteiger partial charge on any atom is 0.434 e. The molecule has 0 saturated carbocycles. The van der Waals surface area contributed by atoms with E-state index in [2.05, 4.69) is 0 Å². The fourth-order valence-corrected chi connectivity index (χ4v) is 6.12. The third-order valence-electron chi connectivity index (χ3n) is 5.54. The quantitative estimate of drug-likeness (QED) is 0.282. The molecule has 0 radical (unpaired) electrons. The van der Waals surface area contributed by atoms with Gasteiger partial charge in [0.2, 0.25) is 0 Å². The van der Waals surface area contributed by atoms with Gasteiger partial charge in [0.15, 0.2) is 5.58 Å². The summed E-state index contributed by atoms with van der Waals surface area (Å²) in [5, 5.41) is 0.811. The molecule has 0 N–H and O–H groups in total. The molecule has 0 aliphatic rings. The summed E-state index contributed by atoms with van der Waals surface area (Å²) in [6.07, 6.45) is -1.18. The Kier molecular flexibility index (Phi) is 6.32. The van der Waals surface area contributed by atoms with Crippen LogP contribution in [-0.4, -0.2) is 28.7 Å². The monoisotopic (exact) mass is 537 g/mol. The molecule has 11 heteroatoms. The van der Waals surface area contributed by atoms with Crippen LogP contribution in [-0.2, 0) is 10.0 Å². The van der Waals surface area contributed by atoms with Crippen LogP contribution < -0.4 is 23.5 Å². The lowest BCUT2D eigenvalue weighted by molar-refractivity contribution is 0.211. The minimum Gasteiger partial charge on any atom is -0.497 e. The minimum absolute atomic E-state index is 0.00309. The van der Waals surface area contributed by atoms with Crippen molar-refractivity contribution in [2.24, 2.45) is 0 Å². The Labute approximate surface area is 215 Å². The Morgan fingerprint density at radius 1 is 0.865 bits per heavy atom. The molecule has 188 valence electrons. The first-order chi connectivity index (χ1) is 17.8. The van der Waals surface area contributed by atoms with Gasteiger partial charge in [-0.15, -0.1) is 0 Å². The standard InChI is InChI=1S/C26H19NO8S2/c1-32-17-12-13-21(33-2)23(14-17)37(30,31)27(25(28)34-16-8-4-3-5-9-16)20-15-22-24(35-26(29)36-22)19-11-7-6-10-18(19)20/h3-15H,1-2H3. The van der Waals surface area contributed by atoms with Gasteiger partial charge < -0.3 is 18.6 Å². The number of amides is 1. The fourth-order valence-electron chi connectivity index (χ4n) is 3.89. The number of nitrogens with zero attached hydrogens (tertiary/aromatic N) is 1. The third kappa shape index (κ3) is 4.39. The van der Waals surface area contributed by atoms with Crippen LogP contribution in [0.4, 0.5) is 10.5 Å². The van der Waals surface area contributed by atoms with Gasteiger partial charge in [0.1, 0.15) is 22.1 Å². The first kappa shape index (κ1) is 24.3. The predicted octanol–water partition coefficient (Wildman–Crippen LogP) is 5.42. The van der Waals surface area contributed by atoms with Crippen LogP contribution in [0.1, 0.15) is 0 Å². The lowest BCUT2D eigenvalue weighted by Crippen LogP contribution is -2.39. The Morgan fingerprint density at radius 2 is 1.57 bits per heavy atom. The normalized spacial score (nSPS) is 11.4. The second kappa shape index (κ2) is 9.60. The number of benzene rings is 4. The van der Waals surface area contributed by atoms with Crippen LogP contribution in [0.15, 0.2) is 93.0 Å². The number of para-hydroxylation sites is 1. The van der Waals surface area contributed by atoms with Crippen LogP contribution in [0.25, 0.3) is 21.1 Å². The highest BCUT2D eigenvalue weighted by Crippen LogP contribution is 2.40. The summed E-state index contributed by atoms with van der Waals surface area (Å²) in [4.78, 5) is 24.8. The molecule has 0 bridgehead atoms. The van der Waals surface area contributed by atoms with Crippen LogP contribution in [0.2, 0.25) is 0 Å². The molecule has 5 aromatic rings. The zero-order valence-corrected chi connectivity index (χ0v) is 21.2. The first-order valence-electron chi connectivity index (χ1n) is 10.8. The number of ether oxygens (including phenoxy) is 3. The van der Waals surface area contributed by atoms with E-state index in [9.17, 15) is 18.0 Å². The largest absolute Gasteiger partial charge is 0.497 e. The molecule has 37 heavy (non-hydrogen) atoms. The summed E-state index contributed by atoms with van der Waals surface area (Å²) >= 11 is 0.794. The number of hydrogen-bond donors (Lipinski definition) is 0. The minimum atomic E-state index is -4.65. The second-order valence-electron chi connectivity index (χ2n) is 7.69. The van der Waals surface area contributed by atoms with Crippen molar-refractivity contribution < 1.29 is 31.8 Å². The smallest absolute Gasteiger partial charge is 0.434 e. The lowest BCUT2D eigenvalue weighted by Gasteiger charge is -2.24. The Morgan fingerprint density at radius 3 is 2.27 bits per heavy atom. The van der Waals surface area contributed by atoms with E-state index in [-0.39, 0.29) is 27.8 Å². The van der Waals surface area contributed by atoms with Gasteiger partial charge in [-0.2, -0.15) is 4.31 Å². The molecule has 5 rings (SSSR count). The first-order valence-corrected chi connectivity index (χ1v) is 13.1. The molecule has 0 fully saturated rings. The van der Waals surface area contributed by atoms with Crippen LogP contribution >= 0.6 is 11.3 Å². The van der Waals surface area contributed by atoms with Crippen molar-refractivity contribution >= 4 is 54.2 Å². The zero-order chi connectivity index (χ0) is 26.2. The number of hydrogen-bond acceptors (Lipinski definition) is 9. The second-order valence-corrected chi connectivity index (χ2v) is 10.4. The fraction of sp³-hybridized carbons (Fsp3) is 0.0769. The molecule has 1 heterocycles. The van der Waals surface area contributed by atoms with Gasteiger partial charge in [0.05, 0.1) is 24.6 Å². The van der Waals surface area contributed by atoms with Gasteiger partial charge in [-0.1, -0.05) is 53.8 Å². The van der Waals surface area contributed by atoms with E-state index in [1.165, 1.54) is 50.6 Å². The summed E-state index contributed by atoms with van der Waals surface area (Å²) < 4.78 is 50.7. The molecule has 0 saturated heterocycles. The Balaban J connectivity index is 1.80. The Hall–Kier alpha value is -4.35. The van der Waals surface area contributed by atoms with E-state index in [0.29, 0.717) is 25.4 Å². The Bertz CT molecular complexity index is 1790. The molecule has 4 aromatic carbocycles. The predicted molar refractivity (Wildman–Crippen MR) is 140 cm³/mol. The van der Waals surface area contributed by atoms with E-state index in [1.807, 2.05) is 0 Å². The van der Waals surface area contributed by atoms with Crippen molar-refractivity contribution in [3.63, 3.8) is 0 Å². The van der Waals surface area contributed by atoms with Gasteiger partial charge in [-0.3, -0.25) is 0 Å². The summed E-state index contributed by atoms with van der Waals surface area (Å²) in [7, 11) is -1.94. The maximum absolute atomic E-state index is 14.2. The van der Waals surface area contributed by atoms with E-state index in [1.54, 1.807) is 42.5 Å². The summed E-state index contributed by atoms with van der Waals surface area (Å²) in [5.41, 5.74) is 0.271. The average molecular weight is 538 g/mol. The molecule has 9 nitrogen and oxygen atoms in total. The average Bonchev–Trinajstić information content (AvgIpc) is 3.29. The van der Waals surface area contributed by atoms with E-state index >= 15 is 0 Å². The van der Waals surface area contributed by atoms with Crippen LogP contribution in [0, 0.1) is 0 Å². The van der Waals surface area contributed by atoms with Crippen LogP contribution in [0.3, 0.4) is 0 Å². The SMILES string of the molecule is COc1ccc(OC)c(S(=O)(=O)N(C(=O)Oc2ccccc2)c2cc3sc(=O)oc3c3ccccc23)c1. The molecule has 0 unspecified atom stereocenters. The van der Waals surface area contributed by atoms with Crippen molar-refractivity contribution in [3.8, 4) is 17.2 Å². The maximum atomic E-state index is 14.2. The molecule has 1 aromatic heterocycles. The molecular weight excluding hydrogens is 518 g/mol. The molecule has 0 aliphatic carbocycles. The lowest BCUT2D eigenvalue weighted by atomic mass is 10.1. The van der Waals surface area contributed by atoms with E-state index in [4.69, 9.17) is 18.6 Å². The molecule has 1 amide bonds. The van der Waals surface area contributed by atoms with Gasteiger partial charge >= 0.3 is 11.0 Å². The van der Waals surface area contributed by atoms with Crippen molar-refractivity contribution in [1.82, 2.24) is 0 Å². The number of sulfonamides is 1. The number of rotatable bonds is 6. The summed E-state index contributed by atoms with van der Waals surface area (Å²) in [6.45, 7) is 0. The third-order valence-corrected chi connectivity index (χ3v) is 8.01. The molecule has 0 atom stereocenters. The number of fused-ring (bicyclic) bond motifs is 3. The molecular formula is C26H19NO8S2. The van der Waals surface area contributed by atoms with Gasteiger partial charge in [-0.05, 0) is 30.3 Å². The highest BCUT2D eigenvalue weighted by molar-refractivity contribution is 7.93. The zero-order valence-electron chi connectivity index (χ0n) is 19.5. The summed E-state index contributed by atoms with van der Waals surface area (Å²) in [6, 6.07) is 20.4. The van der Waals surface area contributed by atoms with Crippen molar-refractivity contribution in [2.45, 2.75) is 4.90 Å². The van der Waals surface area contributed by atoms with E-state index in [0.717, 1.165) is 11.3 Å². The summed E-state index contributed by atoms with van der Waals surface area (Å²) in [5.74, 6) is 0.379.